The summed E-state index contributed by atoms with van der Waals surface area (Å²) in [6, 6.07) is 2.58. The number of carbonyl (C=O) groups is 6. The zero-order valence-electron chi connectivity index (χ0n) is 35.4. The van der Waals surface area contributed by atoms with Crippen molar-refractivity contribution in [2.24, 2.45) is 21.9 Å². The molecule has 22 heteroatoms. The van der Waals surface area contributed by atoms with E-state index in [1.807, 2.05) is 0 Å². The first-order valence-electron chi connectivity index (χ1n) is 19.4. The zero-order chi connectivity index (χ0) is 46.5. The number of ether oxygens (including phenoxy) is 7. The molecule has 0 unspecified atom stereocenters. The van der Waals surface area contributed by atoms with Crippen LogP contribution in [-0.4, -0.2) is 131 Å². The number of azide groups is 1. The van der Waals surface area contributed by atoms with E-state index in [2.05, 4.69) is 10.0 Å². The summed E-state index contributed by atoms with van der Waals surface area (Å²) in [6.07, 6.45) is -19.2. The number of nitrogens with one attached hydrogen (secondary N) is 1. The van der Waals surface area contributed by atoms with Gasteiger partial charge in [-0.25, -0.2) is 28.0 Å². The molecule has 0 aromatic heterocycles. The van der Waals surface area contributed by atoms with Crippen molar-refractivity contribution in [2.45, 2.75) is 134 Å². The van der Waals surface area contributed by atoms with Crippen LogP contribution in [0.4, 0.5) is 24.1 Å². The Morgan fingerprint density at radius 2 is 1.76 bits per heavy atom. The first kappa shape index (κ1) is 47.6. The van der Waals surface area contributed by atoms with E-state index in [0.29, 0.717) is 0 Å². The van der Waals surface area contributed by atoms with Gasteiger partial charge in [-0.05, 0) is 63.4 Å². The fourth-order valence-corrected chi connectivity index (χ4v) is 9.25. The number of esters is 3. The SMILES string of the molecule is COC(=O)O[C@H]1C(=O)[C@@]2(C)[C@H]([C@H](OC(=O)c3cccc(N=[N+]=[N-])c3)[C@]3(O)C[C@H](OC(=O)[C@H](O)[C@@H](NC(=O)OC(C)(C)C)C(F)F)C(C)=C1C3(C)C)[C@]1(OC(C)=O)CO[C@@H]1C[C@@H]2O. The lowest BCUT2D eigenvalue weighted by Gasteiger charge is -2.67. The first-order valence-corrected chi connectivity index (χ1v) is 19.4. The molecule has 0 spiro atoms. The van der Waals surface area contributed by atoms with Gasteiger partial charge in [0.1, 0.15) is 35.6 Å². The summed E-state index contributed by atoms with van der Waals surface area (Å²) in [5.74, 6) is -6.68. The lowest BCUT2D eigenvalue weighted by molar-refractivity contribution is -0.346. The van der Waals surface area contributed by atoms with Gasteiger partial charge in [0, 0.05) is 35.8 Å². The molecule has 4 aliphatic rings. The fourth-order valence-electron chi connectivity index (χ4n) is 9.25. The molecule has 340 valence electrons. The number of amides is 1. The second kappa shape index (κ2) is 17.0. The quantitative estimate of drug-likeness (QED) is 0.0647. The van der Waals surface area contributed by atoms with E-state index >= 15 is 4.79 Å². The van der Waals surface area contributed by atoms with Crippen LogP contribution in [0.1, 0.15) is 78.6 Å². The number of nitrogens with zero attached hydrogens (tertiary/aromatic N) is 3. The summed E-state index contributed by atoms with van der Waals surface area (Å²) in [5.41, 5.74) is -1.50. The number of Topliss-reactive ketones (excluding diaryl/α,β-unsaturated/α-hetero) is 1. The van der Waals surface area contributed by atoms with Crippen LogP contribution in [0.2, 0.25) is 0 Å². The molecule has 2 saturated carbocycles. The molecule has 3 fully saturated rings. The summed E-state index contributed by atoms with van der Waals surface area (Å²) >= 11 is 0. The highest BCUT2D eigenvalue weighted by molar-refractivity contribution is 5.95. The summed E-state index contributed by atoms with van der Waals surface area (Å²) in [7, 11) is 0.939. The number of alkyl halides is 2. The second-order valence-corrected chi connectivity index (χ2v) is 17.5. The van der Waals surface area contributed by atoms with Crippen LogP contribution in [0.5, 0.6) is 0 Å². The van der Waals surface area contributed by atoms with Crippen molar-refractivity contribution in [3.8, 4) is 0 Å². The number of rotatable bonds is 10. The van der Waals surface area contributed by atoms with Gasteiger partial charge < -0.3 is 53.8 Å². The Bertz CT molecular complexity index is 2090. The molecule has 5 rings (SSSR count). The minimum absolute atomic E-state index is 0.0225. The smallest absolute Gasteiger partial charge is 0.456 e. The van der Waals surface area contributed by atoms with Crippen molar-refractivity contribution in [1.82, 2.24) is 5.32 Å². The van der Waals surface area contributed by atoms with E-state index in [9.17, 15) is 48.1 Å². The van der Waals surface area contributed by atoms with Crippen molar-refractivity contribution < 1.29 is 86.0 Å². The third kappa shape index (κ3) is 8.28. The number of halogens is 2. The van der Waals surface area contributed by atoms with E-state index in [4.69, 9.17) is 38.7 Å². The Balaban J connectivity index is 1.76. The van der Waals surface area contributed by atoms with Crippen molar-refractivity contribution in [3.05, 3.63) is 51.4 Å². The fraction of sp³-hybridized carbons (Fsp3) is 0.650. The number of fused-ring (bicyclic) bond motifs is 5. The van der Waals surface area contributed by atoms with Crippen LogP contribution < -0.4 is 5.32 Å². The number of hydrogen-bond donors (Lipinski definition) is 4. The maximum Gasteiger partial charge on any atom is 0.509 e. The van der Waals surface area contributed by atoms with E-state index in [1.165, 1.54) is 66.7 Å². The van der Waals surface area contributed by atoms with Crippen LogP contribution in [0.3, 0.4) is 0 Å². The number of hydrogen-bond acceptors (Lipinski definition) is 17. The molecule has 1 heterocycles. The van der Waals surface area contributed by atoms with Crippen molar-refractivity contribution >= 4 is 41.6 Å². The van der Waals surface area contributed by atoms with E-state index < -0.39 is 132 Å². The van der Waals surface area contributed by atoms with Crippen LogP contribution in [-0.2, 0) is 47.5 Å². The van der Waals surface area contributed by atoms with Crippen LogP contribution in [0.15, 0.2) is 40.5 Å². The predicted octanol–water partition coefficient (Wildman–Crippen LogP) is 3.88. The number of benzene rings is 1. The maximum atomic E-state index is 15.4. The van der Waals surface area contributed by atoms with Crippen molar-refractivity contribution in [2.75, 3.05) is 13.7 Å². The number of aliphatic hydroxyl groups excluding tert-OH is 2. The zero-order valence-corrected chi connectivity index (χ0v) is 35.4. The largest absolute Gasteiger partial charge is 0.509 e. The molecule has 3 aliphatic carbocycles. The van der Waals surface area contributed by atoms with Gasteiger partial charge in [0.05, 0.1) is 36.7 Å². The molecule has 2 bridgehead atoms. The topological polar surface area (TPSA) is 289 Å². The third-order valence-electron chi connectivity index (χ3n) is 12.3. The monoisotopic (exact) mass is 880 g/mol. The molecule has 11 atom stereocenters. The molecule has 1 aromatic rings. The Labute approximate surface area is 353 Å². The van der Waals surface area contributed by atoms with Gasteiger partial charge in [-0.1, -0.05) is 31.1 Å². The number of alkyl carbamates (subject to hydrolysis) is 1. The average molecular weight is 881 g/mol. The van der Waals surface area contributed by atoms with Gasteiger partial charge in [-0.15, -0.1) is 0 Å². The van der Waals surface area contributed by atoms with E-state index in [-0.39, 0.29) is 28.8 Å². The molecule has 62 heavy (non-hydrogen) atoms. The Kier molecular flexibility index (Phi) is 13.1. The van der Waals surface area contributed by atoms with Gasteiger partial charge in [-0.2, -0.15) is 0 Å². The summed E-state index contributed by atoms with van der Waals surface area (Å²) in [4.78, 5) is 84.6. The molecular formula is C40H50F2N4O16. The Morgan fingerprint density at radius 1 is 1.10 bits per heavy atom. The van der Waals surface area contributed by atoms with Gasteiger partial charge >= 0.3 is 30.2 Å². The summed E-state index contributed by atoms with van der Waals surface area (Å²) < 4.78 is 67.7. The standard InChI is InChI=1S/C40H50F2N4O16/c1-17-21(58-33(52)26(49)25(31(41)42)44-34(53)62-36(3,4)5)15-40(55)30(60-32(51)19-11-10-12-20(13-19)45-46-43)28-38(8,22(48)14-23-39(28,16-57-23)61-18(2)47)29(50)27(59-35(54)56-9)24(17)37(40,6)7/h10-13,21-23,25-28,30-31,48-49,55H,14-16H2,1-9H3,(H,44,53)/t21-,22-,23+,25+,26+,27+,28-,30-,38+,39-,40+/m0/s1. The lowest BCUT2D eigenvalue weighted by atomic mass is 9.44. The van der Waals surface area contributed by atoms with Crippen molar-refractivity contribution in [1.29, 1.82) is 0 Å². The maximum absolute atomic E-state index is 15.4. The first-order chi connectivity index (χ1) is 28.7. The Morgan fingerprint density at radius 3 is 2.31 bits per heavy atom. The van der Waals surface area contributed by atoms with E-state index in [0.717, 1.165) is 20.1 Å². The van der Waals surface area contributed by atoms with Gasteiger partial charge in [0.25, 0.3) is 6.43 Å². The minimum Gasteiger partial charge on any atom is -0.456 e. The molecule has 1 aromatic carbocycles. The van der Waals surface area contributed by atoms with Crippen molar-refractivity contribution in [3.63, 3.8) is 0 Å². The molecule has 4 N–H and O–H groups in total. The average Bonchev–Trinajstić information content (AvgIpc) is 3.17. The highest BCUT2D eigenvalue weighted by Crippen LogP contribution is 2.64. The lowest BCUT2D eigenvalue weighted by Crippen LogP contribution is -2.82. The molecular weight excluding hydrogens is 830 g/mol. The Hall–Kier alpha value is -5.41. The third-order valence-corrected chi connectivity index (χ3v) is 12.3. The van der Waals surface area contributed by atoms with Crippen LogP contribution >= 0.6 is 0 Å². The van der Waals surface area contributed by atoms with Gasteiger partial charge in [-0.3, -0.25) is 9.59 Å². The number of aliphatic hydroxyl groups is 3. The predicted molar refractivity (Wildman–Crippen MR) is 204 cm³/mol. The molecule has 20 nitrogen and oxygen atoms in total. The highest BCUT2D eigenvalue weighted by Gasteiger charge is 2.78. The molecule has 1 saturated heterocycles. The molecule has 1 aliphatic heterocycles. The second-order valence-electron chi connectivity index (χ2n) is 17.5. The minimum atomic E-state index is -3.56. The molecule has 0 radical (unpaired) electrons. The van der Waals surface area contributed by atoms with Gasteiger partial charge in [0.15, 0.2) is 23.6 Å². The number of methoxy groups -OCH3 is 1. The van der Waals surface area contributed by atoms with E-state index in [1.54, 1.807) is 5.32 Å². The van der Waals surface area contributed by atoms with Crippen LogP contribution in [0.25, 0.3) is 10.4 Å². The normalized spacial score (nSPS) is 32.1. The summed E-state index contributed by atoms with van der Waals surface area (Å²) in [5, 5.41) is 41.7. The highest BCUT2D eigenvalue weighted by atomic mass is 19.3. The van der Waals surface area contributed by atoms with Crippen LogP contribution in [0, 0.1) is 16.7 Å². The number of ketones is 1. The number of carbonyl (C=O) groups excluding carboxylic acids is 6. The van der Waals surface area contributed by atoms with Gasteiger partial charge in [0.2, 0.25) is 0 Å². The molecule has 1 amide bonds. The summed E-state index contributed by atoms with van der Waals surface area (Å²) in [6.45, 7) is 10.3.